The number of hydrogen-bond acceptors (Lipinski definition) is 8. The van der Waals surface area contributed by atoms with Crippen LogP contribution in [0.5, 0.6) is 5.75 Å². The van der Waals surface area contributed by atoms with Gasteiger partial charge in [0.15, 0.2) is 0 Å². The highest BCUT2D eigenvalue weighted by molar-refractivity contribution is 7.23. The normalized spacial score (nSPS) is 11.8. The van der Waals surface area contributed by atoms with Gasteiger partial charge in [-0.3, -0.25) is 4.79 Å². The molecular formula is C26H29ClN6O2S2. The molecule has 0 radical (unpaired) electrons. The average Bonchev–Trinajstić information content (AvgIpc) is 3.50. The molecule has 0 bridgehead atoms. The number of benzene rings is 2. The van der Waals surface area contributed by atoms with Crippen molar-refractivity contribution in [1.29, 1.82) is 0 Å². The van der Waals surface area contributed by atoms with Crippen molar-refractivity contribution in [2.45, 2.75) is 13.0 Å². The number of ether oxygens (including phenoxy) is 1. The molecule has 194 valence electrons. The van der Waals surface area contributed by atoms with Crippen molar-refractivity contribution >= 4 is 66.8 Å². The van der Waals surface area contributed by atoms with E-state index >= 15 is 0 Å². The molecule has 2 heterocycles. The second-order valence-electron chi connectivity index (χ2n) is 8.60. The molecule has 8 nitrogen and oxygen atoms in total. The van der Waals surface area contributed by atoms with Gasteiger partial charge in [-0.15, -0.1) is 22.7 Å². The number of amides is 1. The Kier molecular flexibility index (Phi) is 8.99. The third-order valence-electron chi connectivity index (χ3n) is 5.51. The van der Waals surface area contributed by atoms with Gasteiger partial charge in [0.05, 0.1) is 33.9 Å². The standard InChI is InChI=1S/C26H29ClN6O2S2/c1-29-26-24(19-6-4-16(10-22(19)37-26)11-23(34)30-8-9-33(2)3)25(28)32-17-5-7-21(20(27)12-17)35-13-18-14-36-15-31-18/h4-7,10,12,14-15,29H,8-9,11,13H2,1-3H3,(H2,28,32)(H,30,34). The monoisotopic (exact) mass is 556 g/mol. The molecule has 0 aliphatic heterocycles. The number of nitrogens with zero attached hydrogens (tertiary/aromatic N) is 3. The molecule has 0 aliphatic carbocycles. The minimum absolute atomic E-state index is 0.00350. The number of halogens is 1. The van der Waals surface area contributed by atoms with Crippen LogP contribution in [0, 0.1) is 0 Å². The van der Waals surface area contributed by atoms with E-state index in [1.165, 1.54) is 11.3 Å². The number of amidine groups is 1. The molecular weight excluding hydrogens is 528 g/mol. The highest BCUT2D eigenvalue weighted by atomic mass is 35.5. The minimum atomic E-state index is 0.00350. The first-order valence-electron chi connectivity index (χ1n) is 11.6. The summed E-state index contributed by atoms with van der Waals surface area (Å²) in [4.78, 5) is 23.2. The number of aromatic nitrogens is 1. The lowest BCUT2D eigenvalue weighted by atomic mass is 10.1. The Morgan fingerprint density at radius 2 is 2.08 bits per heavy atom. The number of carbonyl (C=O) groups excluding carboxylic acids is 1. The van der Waals surface area contributed by atoms with Crippen LogP contribution < -0.4 is 21.1 Å². The summed E-state index contributed by atoms with van der Waals surface area (Å²) in [6.45, 7) is 1.77. The van der Waals surface area contributed by atoms with Gasteiger partial charge in [-0.2, -0.15) is 0 Å². The Bertz CT molecular complexity index is 1400. The molecule has 1 amide bonds. The Balaban J connectivity index is 1.51. The van der Waals surface area contributed by atoms with Crippen LogP contribution in [0.2, 0.25) is 5.02 Å². The van der Waals surface area contributed by atoms with E-state index in [1.807, 2.05) is 55.7 Å². The summed E-state index contributed by atoms with van der Waals surface area (Å²) in [7, 11) is 5.81. The van der Waals surface area contributed by atoms with Crippen LogP contribution in [0.1, 0.15) is 16.8 Å². The zero-order chi connectivity index (χ0) is 26.4. The van der Waals surface area contributed by atoms with Crippen molar-refractivity contribution in [3.05, 3.63) is 69.1 Å². The van der Waals surface area contributed by atoms with Crippen LogP contribution in [0.3, 0.4) is 0 Å². The van der Waals surface area contributed by atoms with Gasteiger partial charge in [-0.05, 0) is 43.9 Å². The number of rotatable bonds is 11. The Hall–Kier alpha value is -3.18. The maximum absolute atomic E-state index is 12.3. The summed E-state index contributed by atoms with van der Waals surface area (Å²) in [5, 5.41) is 10.4. The molecule has 0 unspecified atom stereocenters. The number of likely N-dealkylation sites (N-methyl/N-ethyl adjacent to an activating group) is 1. The molecule has 11 heteroatoms. The van der Waals surface area contributed by atoms with Crippen molar-refractivity contribution in [1.82, 2.24) is 15.2 Å². The Morgan fingerprint density at radius 3 is 2.78 bits per heavy atom. The summed E-state index contributed by atoms with van der Waals surface area (Å²) < 4.78 is 6.80. The molecule has 2 aromatic heterocycles. The van der Waals surface area contributed by atoms with Crippen molar-refractivity contribution in [3.8, 4) is 5.75 Å². The summed E-state index contributed by atoms with van der Waals surface area (Å²) in [6.07, 6.45) is 0.324. The average molecular weight is 557 g/mol. The van der Waals surface area contributed by atoms with E-state index in [2.05, 4.69) is 20.6 Å². The molecule has 4 aromatic rings. The molecule has 4 N–H and O–H groups in total. The lowest BCUT2D eigenvalue weighted by molar-refractivity contribution is -0.120. The van der Waals surface area contributed by atoms with E-state index in [0.29, 0.717) is 41.9 Å². The maximum Gasteiger partial charge on any atom is 0.224 e. The molecule has 0 aliphatic rings. The summed E-state index contributed by atoms with van der Waals surface area (Å²) in [5.41, 5.74) is 11.5. The highest BCUT2D eigenvalue weighted by Gasteiger charge is 2.16. The third kappa shape index (κ3) is 6.98. The zero-order valence-corrected chi connectivity index (χ0v) is 23.3. The molecule has 0 saturated carbocycles. The van der Waals surface area contributed by atoms with Gasteiger partial charge in [0.1, 0.15) is 23.2 Å². The number of carbonyl (C=O) groups is 1. The molecule has 2 aromatic carbocycles. The number of fused-ring (bicyclic) bond motifs is 1. The summed E-state index contributed by atoms with van der Waals surface area (Å²) >= 11 is 9.53. The van der Waals surface area contributed by atoms with Crippen molar-refractivity contribution < 1.29 is 9.53 Å². The molecule has 0 saturated heterocycles. The molecule has 0 atom stereocenters. The predicted molar refractivity (Wildman–Crippen MR) is 155 cm³/mol. The van der Waals surface area contributed by atoms with Gasteiger partial charge < -0.3 is 26.0 Å². The zero-order valence-electron chi connectivity index (χ0n) is 20.9. The van der Waals surface area contributed by atoms with Crippen LogP contribution in [0.4, 0.5) is 10.7 Å². The highest BCUT2D eigenvalue weighted by Crippen LogP contribution is 2.37. The second kappa shape index (κ2) is 12.4. The minimum Gasteiger partial charge on any atom is -0.486 e. The van der Waals surface area contributed by atoms with Gasteiger partial charge in [-0.1, -0.05) is 23.7 Å². The molecule has 0 fully saturated rings. The Labute approximate surface area is 229 Å². The number of anilines is 1. The largest absolute Gasteiger partial charge is 0.486 e. The smallest absolute Gasteiger partial charge is 0.224 e. The maximum atomic E-state index is 12.3. The van der Waals surface area contributed by atoms with Gasteiger partial charge in [0, 0.05) is 35.6 Å². The molecule has 4 rings (SSSR count). The SMILES string of the molecule is CNc1sc2cc(CC(=O)NCCN(C)C)ccc2c1C(N)=Nc1ccc(OCc2cscn2)c(Cl)c1. The summed E-state index contributed by atoms with van der Waals surface area (Å²) in [5.74, 6) is 0.933. The predicted octanol–water partition coefficient (Wildman–Crippen LogP) is 4.89. The van der Waals surface area contributed by atoms with Gasteiger partial charge in [0.25, 0.3) is 0 Å². The number of thiazole rings is 1. The fourth-order valence-corrected chi connectivity index (χ4v) is 5.58. The van der Waals surface area contributed by atoms with E-state index in [4.69, 9.17) is 22.1 Å². The van der Waals surface area contributed by atoms with Crippen LogP contribution in [-0.4, -0.2) is 55.9 Å². The van der Waals surface area contributed by atoms with Crippen LogP contribution in [0.25, 0.3) is 10.1 Å². The van der Waals surface area contributed by atoms with E-state index in [9.17, 15) is 4.79 Å². The number of nitrogens with two attached hydrogens (primary N) is 1. The van der Waals surface area contributed by atoms with Crippen LogP contribution in [-0.2, 0) is 17.8 Å². The number of thiophene rings is 1. The van der Waals surface area contributed by atoms with E-state index < -0.39 is 0 Å². The van der Waals surface area contributed by atoms with Crippen molar-refractivity contribution in [2.75, 3.05) is 39.5 Å². The van der Waals surface area contributed by atoms with E-state index in [-0.39, 0.29) is 5.91 Å². The fraction of sp³-hybridized carbons (Fsp3) is 0.269. The second-order valence-corrected chi connectivity index (χ2v) is 10.8. The van der Waals surface area contributed by atoms with Crippen LogP contribution in [0.15, 0.2) is 52.3 Å². The number of nitrogens with one attached hydrogen (secondary N) is 2. The van der Waals surface area contributed by atoms with Gasteiger partial charge in [-0.25, -0.2) is 9.98 Å². The Morgan fingerprint density at radius 1 is 1.24 bits per heavy atom. The van der Waals surface area contributed by atoms with Crippen molar-refractivity contribution in [2.24, 2.45) is 10.7 Å². The van der Waals surface area contributed by atoms with E-state index in [1.54, 1.807) is 29.0 Å². The van der Waals surface area contributed by atoms with Crippen molar-refractivity contribution in [3.63, 3.8) is 0 Å². The van der Waals surface area contributed by atoms with Crippen LogP contribution >= 0.6 is 34.3 Å². The number of hydrogen-bond donors (Lipinski definition) is 3. The fourth-order valence-electron chi connectivity index (χ4n) is 3.68. The first kappa shape index (κ1) is 26.9. The first-order chi connectivity index (χ1) is 17.8. The molecule has 37 heavy (non-hydrogen) atoms. The van der Waals surface area contributed by atoms with Gasteiger partial charge >= 0.3 is 0 Å². The molecule has 0 spiro atoms. The topological polar surface area (TPSA) is 105 Å². The third-order valence-corrected chi connectivity index (χ3v) is 7.61. The quantitative estimate of drug-likeness (QED) is 0.179. The lowest BCUT2D eigenvalue weighted by Crippen LogP contribution is -2.32. The van der Waals surface area contributed by atoms with E-state index in [0.717, 1.165) is 38.5 Å². The summed E-state index contributed by atoms with van der Waals surface area (Å²) in [6, 6.07) is 11.3. The first-order valence-corrected chi connectivity index (χ1v) is 13.8. The van der Waals surface area contributed by atoms with Gasteiger partial charge in [0.2, 0.25) is 5.91 Å². The lowest BCUT2D eigenvalue weighted by Gasteiger charge is -2.10. The number of aliphatic imine (C=N–C) groups is 1.